The summed E-state index contributed by atoms with van der Waals surface area (Å²) < 4.78 is 12.8. The van der Waals surface area contributed by atoms with E-state index in [9.17, 15) is 4.79 Å². The van der Waals surface area contributed by atoms with Gasteiger partial charge in [0.15, 0.2) is 0 Å². The number of halogens is 1. The molecule has 0 amide bonds. The van der Waals surface area contributed by atoms with Crippen LogP contribution >= 0.6 is 15.9 Å². The van der Waals surface area contributed by atoms with E-state index in [0.717, 1.165) is 27.0 Å². The molecule has 0 spiro atoms. The van der Waals surface area contributed by atoms with Gasteiger partial charge in [-0.15, -0.1) is 0 Å². The Morgan fingerprint density at radius 1 is 1.07 bits per heavy atom. The molecular weight excluding hydrogens is 432 g/mol. The highest BCUT2D eigenvalue weighted by molar-refractivity contribution is 9.10. The van der Waals surface area contributed by atoms with Gasteiger partial charge in [-0.2, -0.15) is 0 Å². The second-order valence-electron chi connectivity index (χ2n) is 6.99. The van der Waals surface area contributed by atoms with E-state index in [1.54, 1.807) is 18.5 Å². The first-order valence-electron chi connectivity index (χ1n) is 9.27. The molecule has 0 saturated heterocycles. The number of aromatic nitrogens is 1. The van der Waals surface area contributed by atoms with Crippen LogP contribution in [0, 0.1) is 0 Å². The summed E-state index contributed by atoms with van der Waals surface area (Å²) in [5.41, 5.74) is 3.78. The quantitative estimate of drug-likeness (QED) is 0.442. The fourth-order valence-corrected chi connectivity index (χ4v) is 3.87. The van der Waals surface area contributed by atoms with Crippen LogP contribution in [0.5, 0.6) is 5.75 Å². The van der Waals surface area contributed by atoms with E-state index in [4.69, 9.17) is 9.15 Å². The van der Waals surface area contributed by atoms with Crippen molar-refractivity contribution in [1.82, 2.24) is 9.88 Å². The average Bonchev–Trinajstić information content (AvgIpc) is 2.75. The Hall–Kier alpha value is -2.96. The molecular formula is C23H17BrN2O3. The molecule has 0 bridgehead atoms. The van der Waals surface area contributed by atoms with Crippen LogP contribution in [0.2, 0.25) is 0 Å². The molecule has 3 heterocycles. The molecule has 1 aliphatic heterocycles. The lowest BCUT2D eigenvalue weighted by Crippen LogP contribution is -2.32. The van der Waals surface area contributed by atoms with Crippen molar-refractivity contribution in [2.24, 2.45) is 0 Å². The predicted molar refractivity (Wildman–Crippen MR) is 115 cm³/mol. The molecule has 0 unspecified atom stereocenters. The van der Waals surface area contributed by atoms with Gasteiger partial charge in [0.1, 0.15) is 24.3 Å². The van der Waals surface area contributed by atoms with E-state index in [1.807, 2.05) is 48.5 Å². The summed E-state index contributed by atoms with van der Waals surface area (Å²) in [6.07, 6.45) is 3.33. The Morgan fingerprint density at radius 3 is 2.72 bits per heavy atom. The third-order valence-electron chi connectivity index (χ3n) is 5.05. The number of nitrogens with zero attached hydrogens (tertiary/aromatic N) is 2. The van der Waals surface area contributed by atoms with E-state index in [-0.39, 0.29) is 5.43 Å². The van der Waals surface area contributed by atoms with E-state index < -0.39 is 0 Å². The lowest BCUT2D eigenvalue weighted by Gasteiger charge is -2.29. The third-order valence-corrected chi connectivity index (χ3v) is 5.58. The lowest BCUT2D eigenvalue weighted by molar-refractivity contribution is 0.0879. The van der Waals surface area contributed by atoms with Gasteiger partial charge in [-0.05, 0) is 42.0 Å². The highest BCUT2D eigenvalue weighted by Crippen LogP contribution is 2.33. The molecule has 6 heteroatoms. The smallest absolute Gasteiger partial charge is 0.200 e. The first kappa shape index (κ1) is 18.1. The van der Waals surface area contributed by atoms with Crippen molar-refractivity contribution in [2.45, 2.75) is 13.1 Å². The molecule has 2 aromatic carbocycles. The van der Waals surface area contributed by atoms with Crippen LogP contribution in [-0.2, 0) is 13.1 Å². The second kappa shape index (κ2) is 7.46. The van der Waals surface area contributed by atoms with Crippen molar-refractivity contribution in [2.75, 3.05) is 6.73 Å². The summed E-state index contributed by atoms with van der Waals surface area (Å²) in [6.45, 7) is 1.76. The largest absolute Gasteiger partial charge is 0.478 e. The molecule has 0 radical (unpaired) electrons. The maximum atomic E-state index is 13.1. The first-order valence-corrected chi connectivity index (χ1v) is 10.1. The van der Waals surface area contributed by atoms with Gasteiger partial charge in [0.25, 0.3) is 0 Å². The lowest BCUT2D eigenvalue weighted by atomic mass is 10.0. The van der Waals surface area contributed by atoms with Gasteiger partial charge in [-0.25, -0.2) is 0 Å². The number of hydrogen-bond donors (Lipinski definition) is 0. The van der Waals surface area contributed by atoms with E-state index in [0.29, 0.717) is 36.4 Å². The average molecular weight is 449 g/mol. The predicted octanol–water partition coefficient (Wildman–Crippen LogP) is 4.97. The third kappa shape index (κ3) is 3.45. The van der Waals surface area contributed by atoms with Crippen molar-refractivity contribution >= 4 is 26.9 Å². The fourth-order valence-electron chi connectivity index (χ4n) is 3.61. The van der Waals surface area contributed by atoms with Gasteiger partial charge in [0, 0.05) is 23.8 Å². The van der Waals surface area contributed by atoms with Gasteiger partial charge < -0.3 is 9.15 Å². The summed E-state index contributed by atoms with van der Waals surface area (Å²) in [7, 11) is 0. The molecule has 4 aromatic rings. The molecule has 0 atom stereocenters. The van der Waals surface area contributed by atoms with Crippen LogP contribution in [0.3, 0.4) is 0 Å². The number of fused-ring (bicyclic) bond motifs is 3. The molecule has 2 aromatic heterocycles. The Balaban J connectivity index is 1.53. The van der Waals surface area contributed by atoms with Crippen molar-refractivity contribution in [1.29, 1.82) is 0 Å². The summed E-state index contributed by atoms with van der Waals surface area (Å²) in [5, 5.41) is 0.562. The second-order valence-corrected chi connectivity index (χ2v) is 7.90. The number of ether oxygens (including phenoxy) is 1. The van der Waals surface area contributed by atoms with Crippen molar-refractivity contribution in [3.63, 3.8) is 0 Å². The molecule has 29 heavy (non-hydrogen) atoms. The van der Waals surface area contributed by atoms with E-state index in [1.165, 1.54) is 0 Å². The van der Waals surface area contributed by atoms with Gasteiger partial charge in [-0.3, -0.25) is 14.7 Å². The molecule has 5 rings (SSSR count). The van der Waals surface area contributed by atoms with E-state index >= 15 is 0 Å². The molecule has 0 aliphatic carbocycles. The summed E-state index contributed by atoms with van der Waals surface area (Å²) in [6, 6.07) is 17.1. The van der Waals surface area contributed by atoms with Crippen LogP contribution in [0.25, 0.3) is 22.1 Å². The maximum Gasteiger partial charge on any atom is 0.200 e. The minimum absolute atomic E-state index is 0.0433. The SMILES string of the molecule is O=c1c(-c2ccc(Br)cc2)coc2c3c(ccc12)OCN(Cc1ccccn1)C3. The Kier molecular flexibility index (Phi) is 4.66. The van der Waals surface area contributed by atoms with Gasteiger partial charge in [-0.1, -0.05) is 34.1 Å². The van der Waals surface area contributed by atoms with Gasteiger partial charge >= 0.3 is 0 Å². The minimum Gasteiger partial charge on any atom is -0.478 e. The number of benzene rings is 2. The minimum atomic E-state index is -0.0433. The summed E-state index contributed by atoms with van der Waals surface area (Å²) >= 11 is 3.42. The van der Waals surface area contributed by atoms with Crippen LogP contribution in [0.4, 0.5) is 0 Å². The monoisotopic (exact) mass is 448 g/mol. The maximum absolute atomic E-state index is 13.1. The molecule has 0 N–H and O–H groups in total. The Morgan fingerprint density at radius 2 is 1.93 bits per heavy atom. The zero-order valence-electron chi connectivity index (χ0n) is 15.5. The topological polar surface area (TPSA) is 55.6 Å². The summed E-state index contributed by atoms with van der Waals surface area (Å²) in [4.78, 5) is 19.7. The highest BCUT2D eigenvalue weighted by atomic mass is 79.9. The first-order chi connectivity index (χ1) is 14.2. The highest BCUT2D eigenvalue weighted by Gasteiger charge is 2.23. The molecule has 5 nitrogen and oxygen atoms in total. The molecule has 0 saturated carbocycles. The Labute approximate surface area is 175 Å². The summed E-state index contributed by atoms with van der Waals surface area (Å²) in [5.74, 6) is 0.759. The van der Waals surface area contributed by atoms with Crippen LogP contribution in [0.15, 0.2) is 80.7 Å². The number of rotatable bonds is 3. The van der Waals surface area contributed by atoms with Crippen molar-refractivity contribution < 1.29 is 9.15 Å². The van der Waals surface area contributed by atoms with Crippen LogP contribution in [-0.4, -0.2) is 16.6 Å². The number of pyridine rings is 1. The normalized spacial score (nSPS) is 13.8. The zero-order chi connectivity index (χ0) is 19.8. The van der Waals surface area contributed by atoms with Crippen molar-refractivity contribution in [3.05, 3.63) is 93.0 Å². The van der Waals surface area contributed by atoms with E-state index in [2.05, 4.69) is 25.8 Å². The number of hydrogen-bond acceptors (Lipinski definition) is 5. The molecule has 144 valence electrons. The standard InChI is InChI=1S/C23H17BrN2O3/c24-16-6-4-15(5-7-16)20-13-28-23-18(22(20)27)8-9-21-19(23)12-26(14-29-21)11-17-3-1-2-10-25-17/h1-10,13H,11-12,14H2. The Bertz CT molecular complexity index is 1240. The van der Waals surface area contributed by atoms with Crippen LogP contribution in [0.1, 0.15) is 11.3 Å². The van der Waals surface area contributed by atoms with Gasteiger partial charge in [0.2, 0.25) is 5.43 Å². The molecule has 1 aliphatic rings. The van der Waals surface area contributed by atoms with Crippen molar-refractivity contribution in [3.8, 4) is 16.9 Å². The van der Waals surface area contributed by atoms with Crippen LogP contribution < -0.4 is 10.2 Å². The molecule has 0 fully saturated rings. The fraction of sp³-hybridized carbons (Fsp3) is 0.130. The van der Waals surface area contributed by atoms with Gasteiger partial charge in [0.05, 0.1) is 22.2 Å². The zero-order valence-corrected chi connectivity index (χ0v) is 17.1.